The first-order chi connectivity index (χ1) is 11.9. The molecule has 2 aromatic rings. The zero-order valence-electron chi connectivity index (χ0n) is 13.7. The summed E-state index contributed by atoms with van der Waals surface area (Å²) in [7, 11) is -1.34. The molecule has 8 heteroatoms. The summed E-state index contributed by atoms with van der Waals surface area (Å²) in [5, 5.41) is 9.84. The normalized spacial score (nSPS) is 14.2. The van der Waals surface area contributed by atoms with Gasteiger partial charge in [0.15, 0.2) is 11.5 Å². The number of ether oxygens (including phenoxy) is 2. The molecular formula is C17H17NO6S. The Kier molecular flexibility index (Phi) is 4.30. The van der Waals surface area contributed by atoms with Gasteiger partial charge in [-0.15, -0.1) is 0 Å². The lowest BCUT2D eigenvalue weighted by Gasteiger charge is -2.28. The fourth-order valence-electron chi connectivity index (χ4n) is 2.82. The molecule has 0 aliphatic carbocycles. The molecule has 0 spiro atoms. The number of carbonyl (C=O) groups excluding carboxylic acids is 1. The number of aromatic hydroxyl groups is 1. The summed E-state index contributed by atoms with van der Waals surface area (Å²) in [5.41, 5.74) is 0.772. The van der Waals surface area contributed by atoms with Gasteiger partial charge in [0.05, 0.1) is 14.2 Å². The summed E-state index contributed by atoms with van der Waals surface area (Å²) in [5.74, 6) is -0.464. The van der Waals surface area contributed by atoms with E-state index in [0.717, 1.165) is 4.31 Å². The first-order valence-electron chi connectivity index (χ1n) is 7.50. The summed E-state index contributed by atoms with van der Waals surface area (Å²) in [6.07, 6.45) is 0.299. The third-order valence-corrected chi connectivity index (χ3v) is 5.90. The van der Waals surface area contributed by atoms with Gasteiger partial charge in [0.25, 0.3) is 15.9 Å². The maximum absolute atomic E-state index is 13.0. The van der Waals surface area contributed by atoms with E-state index in [1.807, 2.05) is 0 Å². The Balaban J connectivity index is 2.07. The molecular weight excluding hydrogens is 346 g/mol. The van der Waals surface area contributed by atoms with Crippen LogP contribution in [-0.4, -0.2) is 44.5 Å². The van der Waals surface area contributed by atoms with E-state index < -0.39 is 15.9 Å². The van der Waals surface area contributed by atoms with Crippen LogP contribution in [0.25, 0.3) is 0 Å². The zero-order chi connectivity index (χ0) is 18.2. The number of nitrogens with zero attached hydrogens (tertiary/aromatic N) is 1. The standard InChI is InChI=1S/C17H17NO6S/c1-23-14-5-3-4-6-16(14)25(21,22)18-8-7-11-9-13(19)15(24-2)10-12(11)17(18)20/h3-6,9-10,19H,7-8H2,1-2H3. The van der Waals surface area contributed by atoms with Crippen molar-refractivity contribution in [2.45, 2.75) is 11.3 Å². The van der Waals surface area contributed by atoms with Crippen LogP contribution in [0.3, 0.4) is 0 Å². The van der Waals surface area contributed by atoms with Crippen LogP contribution in [0.2, 0.25) is 0 Å². The van der Waals surface area contributed by atoms with Gasteiger partial charge in [-0.05, 0) is 36.2 Å². The molecule has 132 valence electrons. The monoisotopic (exact) mass is 363 g/mol. The summed E-state index contributed by atoms with van der Waals surface area (Å²) >= 11 is 0. The molecule has 25 heavy (non-hydrogen) atoms. The Morgan fingerprint density at radius 3 is 2.44 bits per heavy atom. The van der Waals surface area contributed by atoms with Gasteiger partial charge in [0, 0.05) is 12.1 Å². The van der Waals surface area contributed by atoms with Gasteiger partial charge in [-0.2, -0.15) is 0 Å². The number of hydrogen-bond donors (Lipinski definition) is 1. The van der Waals surface area contributed by atoms with Crippen molar-refractivity contribution >= 4 is 15.9 Å². The highest BCUT2D eigenvalue weighted by Crippen LogP contribution is 2.35. The smallest absolute Gasteiger partial charge is 0.270 e. The number of para-hydroxylation sites is 1. The second-order valence-electron chi connectivity index (χ2n) is 5.46. The number of hydrogen-bond acceptors (Lipinski definition) is 6. The van der Waals surface area contributed by atoms with Crippen LogP contribution in [0.15, 0.2) is 41.3 Å². The number of benzene rings is 2. The van der Waals surface area contributed by atoms with E-state index in [0.29, 0.717) is 12.0 Å². The molecule has 3 rings (SSSR count). The molecule has 0 saturated carbocycles. The number of amides is 1. The zero-order valence-corrected chi connectivity index (χ0v) is 14.5. The van der Waals surface area contributed by atoms with E-state index in [2.05, 4.69) is 0 Å². The van der Waals surface area contributed by atoms with E-state index in [1.165, 1.54) is 38.5 Å². The van der Waals surface area contributed by atoms with Crippen molar-refractivity contribution in [3.05, 3.63) is 47.5 Å². The van der Waals surface area contributed by atoms with Gasteiger partial charge in [-0.3, -0.25) is 4.79 Å². The van der Waals surface area contributed by atoms with Crippen LogP contribution in [-0.2, 0) is 16.4 Å². The maximum atomic E-state index is 13.0. The molecule has 0 fully saturated rings. The van der Waals surface area contributed by atoms with Gasteiger partial charge in [-0.1, -0.05) is 12.1 Å². The number of fused-ring (bicyclic) bond motifs is 1. The fourth-order valence-corrected chi connectivity index (χ4v) is 4.36. The van der Waals surface area contributed by atoms with Gasteiger partial charge in [0.1, 0.15) is 10.6 Å². The molecule has 1 aliphatic rings. The number of methoxy groups -OCH3 is 2. The molecule has 1 heterocycles. The Hall–Kier alpha value is -2.74. The minimum Gasteiger partial charge on any atom is -0.504 e. The third kappa shape index (κ3) is 2.78. The molecule has 7 nitrogen and oxygen atoms in total. The van der Waals surface area contributed by atoms with Crippen molar-refractivity contribution in [3.63, 3.8) is 0 Å². The second kappa shape index (κ2) is 6.29. The molecule has 0 bridgehead atoms. The number of carbonyl (C=O) groups is 1. The quantitative estimate of drug-likeness (QED) is 0.890. The molecule has 2 aromatic carbocycles. The van der Waals surface area contributed by atoms with Crippen LogP contribution in [0.4, 0.5) is 0 Å². The van der Waals surface area contributed by atoms with Crippen molar-refractivity contribution in [1.82, 2.24) is 4.31 Å². The Bertz CT molecular complexity index is 938. The first-order valence-corrected chi connectivity index (χ1v) is 8.94. The first kappa shape index (κ1) is 17.1. The molecule has 0 atom stereocenters. The summed E-state index contributed by atoms with van der Waals surface area (Å²) in [6, 6.07) is 8.93. The molecule has 1 amide bonds. The largest absolute Gasteiger partial charge is 0.504 e. The molecule has 0 aromatic heterocycles. The summed E-state index contributed by atoms with van der Waals surface area (Å²) < 4.78 is 36.8. The molecule has 0 unspecified atom stereocenters. The van der Waals surface area contributed by atoms with E-state index in [-0.39, 0.29) is 34.3 Å². The van der Waals surface area contributed by atoms with Crippen molar-refractivity contribution in [2.24, 2.45) is 0 Å². The van der Waals surface area contributed by atoms with Crippen molar-refractivity contribution < 1.29 is 27.8 Å². The average Bonchev–Trinajstić information content (AvgIpc) is 2.61. The highest BCUT2D eigenvalue weighted by Gasteiger charge is 2.36. The average molecular weight is 363 g/mol. The summed E-state index contributed by atoms with van der Waals surface area (Å²) in [6.45, 7) is -0.0159. The fraction of sp³-hybridized carbons (Fsp3) is 0.235. The van der Waals surface area contributed by atoms with Crippen molar-refractivity contribution in [2.75, 3.05) is 20.8 Å². The molecule has 0 saturated heterocycles. The molecule has 0 radical (unpaired) electrons. The minimum absolute atomic E-state index is 0.0159. The van der Waals surface area contributed by atoms with Gasteiger partial charge in [0.2, 0.25) is 0 Å². The molecule has 1 aliphatic heterocycles. The topological polar surface area (TPSA) is 93.1 Å². The Labute approximate surface area is 145 Å². The van der Waals surface area contributed by atoms with Gasteiger partial charge < -0.3 is 14.6 Å². The van der Waals surface area contributed by atoms with Crippen molar-refractivity contribution in [3.8, 4) is 17.2 Å². The lowest BCUT2D eigenvalue weighted by molar-refractivity contribution is 0.0849. The Morgan fingerprint density at radius 2 is 1.76 bits per heavy atom. The Morgan fingerprint density at radius 1 is 1.08 bits per heavy atom. The van der Waals surface area contributed by atoms with Crippen molar-refractivity contribution in [1.29, 1.82) is 0 Å². The highest BCUT2D eigenvalue weighted by atomic mass is 32.2. The lowest BCUT2D eigenvalue weighted by Crippen LogP contribution is -2.42. The van der Waals surface area contributed by atoms with E-state index in [4.69, 9.17) is 9.47 Å². The SMILES string of the molecule is COc1cc2c(cc1O)CCN(S(=O)(=O)c1ccccc1OC)C2=O. The minimum atomic E-state index is -4.07. The van der Waals surface area contributed by atoms with Crippen LogP contribution < -0.4 is 9.47 Å². The number of sulfonamides is 1. The second-order valence-corrected chi connectivity index (χ2v) is 7.30. The van der Waals surface area contributed by atoms with Gasteiger partial charge in [-0.25, -0.2) is 12.7 Å². The van der Waals surface area contributed by atoms with E-state index >= 15 is 0 Å². The summed E-state index contributed by atoms with van der Waals surface area (Å²) in [4.78, 5) is 12.7. The maximum Gasteiger partial charge on any atom is 0.270 e. The van der Waals surface area contributed by atoms with Crippen LogP contribution in [0, 0.1) is 0 Å². The van der Waals surface area contributed by atoms with Crippen LogP contribution in [0.5, 0.6) is 17.2 Å². The van der Waals surface area contributed by atoms with E-state index in [9.17, 15) is 18.3 Å². The predicted octanol–water partition coefficient (Wildman–Crippen LogP) is 1.80. The van der Waals surface area contributed by atoms with Crippen LogP contribution >= 0.6 is 0 Å². The van der Waals surface area contributed by atoms with Crippen LogP contribution in [0.1, 0.15) is 15.9 Å². The number of phenolic OH excluding ortho intramolecular Hbond substituents is 1. The lowest BCUT2D eigenvalue weighted by atomic mass is 9.99. The van der Waals surface area contributed by atoms with E-state index in [1.54, 1.807) is 12.1 Å². The third-order valence-electron chi connectivity index (χ3n) is 4.08. The molecule has 1 N–H and O–H groups in total. The number of rotatable bonds is 4. The predicted molar refractivity (Wildman–Crippen MR) is 89.6 cm³/mol. The number of phenols is 1. The highest BCUT2D eigenvalue weighted by molar-refractivity contribution is 7.89. The van der Waals surface area contributed by atoms with Gasteiger partial charge >= 0.3 is 0 Å².